The van der Waals surface area contributed by atoms with E-state index in [9.17, 15) is 22.8 Å². The lowest BCUT2D eigenvalue weighted by Gasteiger charge is -2.26. The molecular formula is C26H23N3O6S2. The molecule has 1 fully saturated rings. The van der Waals surface area contributed by atoms with Crippen molar-refractivity contribution in [3.8, 4) is 5.75 Å². The first-order chi connectivity index (χ1) is 17.8. The van der Waals surface area contributed by atoms with Gasteiger partial charge in [-0.15, -0.1) is 11.3 Å². The molecule has 37 heavy (non-hydrogen) atoms. The second-order valence-corrected chi connectivity index (χ2v) is 11.6. The molecule has 0 bridgehead atoms. The number of hydrogen-bond donors (Lipinski definition) is 1. The fraction of sp³-hybridized carbons (Fsp3) is 0.192. The summed E-state index contributed by atoms with van der Waals surface area (Å²) in [6.45, 7) is 1.29. The molecule has 2 amide bonds. The molecule has 0 radical (unpaired) electrons. The maximum atomic E-state index is 13.6. The van der Waals surface area contributed by atoms with Crippen molar-refractivity contribution in [1.29, 1.82) is 0 Å². The number of nitrogens with one attached hydrogen (secondary N) is 1. The highest BCUT2D eigenvalue weighted by Gasteiger charge is 2.47. The minimum absolute atomic E-state index is 0.0188. The van der Waals surface area contributed by atoms with E-state index in [1.807, 2.05) is 30.5 Å². The number of aromatic nitrogens is 1. The summed E-state index contributed by atoms with van der Waals surface area (Å²) in [6.07, 6.45) is 1.91. The van der Waals surface area contributed by atoms with Crippen LogP contribution in [0.2, 0.25) is 0 Å². The zero-order valence-corrected chi connectivity index (χ0v) is 21.4. The third-order valence-corrected chi connectivity index (χ3v) is 9.44. The number of para-hydroxylation sites is 1. The van der Waals surface area contributed by atoms with E-state index in [1.165, 1.54) is 37.3 Å². The summed E-state index contributed by atoms with van der Waals surface area (Å²) >= 11 is 1.06. The lowest BCUT2D eigenvalue weighted by atomic mass is 10.1. The van der Waals surface area contributed by atoms with E-state index >= 15 is 0 Å². The van der Waals surface area contributed by atoms with Crippen LogP contribution < -0.4 is 9.64 Å². The van der Waals surface area contributed by atoms with E-state index in [4.69, 9.17) is 4.74 Å². The Hall–Kier alpha value is -3.80. The zero-order valence-electron chi connectivity index (χ0n) is 19.8. The zero-order chi connectivity index (χ0) is 26.2. The van der Waals surface area contributed by atoms with Crippen molar-refractivity contribution in [3.05, 3.63) is 77.8 Å². The number of esters is 1. The SMILES string of the molecule is CC(=O)Oc1ccc(N2C(=O)CC(N(CCc3c[nH]c4ccccc34)S(=O)(=O)c3cccs3)C2=O)cc1. The molecule has 2 aromatic carbocycles. The first-order valence-electron chi connectivity index (χ1n) is 11.5. The Kier molecular flexibility index (Phi) is 6.67. The predicted octanol–water partition coefficient (Wildman–Crippen LogP) is 3.72. The Labute approximate surface area is 217 Å². The monoisotopic (exact) mass is 537 g/mol. The van der Waals surface area contributed by atoms with Crippen LogP contribution in [0.3, 0.4) is 0 Å². The maximum absolute atomic E-state index is 13.6. The molecule has 3 heterocycles. The van der Waals surface area contributed by atoms with E-state index in [0.29, 0.717) is 6.42 Å². The third-order valence-electron chi connectivity index (χ3n) is 6.16. The number of ether oxygens (including phenoxy) is 1. The van der Waals surface area contributed by atoms with Crippen LogP contribution in [0.1, 0.15) is 18.9 Å². The summed E-state index contributed by atoms with van der Waals surface area (Å²) in [6, 6.07) is 15.6. The van der Waals surface area contributed by atoms with E-state index in [2.05, 4.69) is 4.98 Å². The molecule has 1 unspecified atom stereocenters. The second kappa shape index (κ2) is 9.92. The standard InChI is InChI=1S/C26H23N3O6S2/c1-17(30)35-20-10-8-19(9-11-20)29-24(31)15-23(26(29)32)28(37(33,34)25-7-4-14-36-25)13-12-18-16-27-22-6-3-2-5-21(18)22/h2-11,14,16,23,27H,12-13,15H2,1H3. The number of carbonyl (C=O) groups excluding carboxylic acids is 3. The van der Waals surface area contributed by atoms with Crippen LogP contribution in [-0.4, -0.2) is 48.1 Å². The van der Waals surface area contributed by atoms with Gasteiger partial charge in [-0.1, -0.05) is 24.3 Å². The molecule has 4 aromatic rings. The first-order valence-corrected chi connectivity index (χ1v) is 13.8. The van der Waals surface area contributed by atoms with Gasteiger partial charge in [0.15, 0.2) is 0 Å². The Morgan fingerprint density at radius 2 is 1.86 bits per heavy atom. The fourth-order valence-corrected chi connectivity index (χ4v) is 7.18. The summed E-state index contributed by atoms with van der Waals surface area (Å²) in [7, 11) is -4.05. The number of anilines is 1. The number of sulfonamides is 1. The number of amides is 2. The van der Waals surface area contributed by atoms with E-state index in [0.717, 1.165) is 37.0 Å². The van der Waals surface area contributed by atoms with Gasteiger partial charge in [0.05, 0.1) is 12.1 Å². The molecule has 1 aliphatic rings. The molecule has 1 N–H and O–H groups in total. The molecule has 1 aliphatic heterocycles. The van der Waals surface area contributed by atoms with Crippen LogP contribution in [0.15, 0.2) is 76.4 Å². The molecule has 190 valence electrons. The van der Waals surface area contributed by atoms with Gasteiger partial charge in [-0.05, 0) is 53.8 Å². The average molecular weight is 538 g/mol. The van der Waals surface area contributed by atoms with E-state index in [-0.39, 0.29) is 28.6 Å². The molecule has 1 atom stereocenters. The lowest BCUT2D eigenvalue weighted by molar-refractivity contribution is -0.132. The molecule has 9 nitrogen and oxygen atoms in total. The molecule has 0 aliphatic carbocycles. The van der Waals surface area contributed by atoms with E-state index < -0.39 is 33.8 Å². The van der Waals surface area contributed by atoms with Crippen molar-refractivity contribution in [3.63, 3.8) is 0 Å². The fourth-order valence-electron chi connectivity index (χ4n) is 4.48. The van der Waals surface area contributed by atoms with Crippen molar-refractivity contribution < 1.29 is 27.5 Å². The lowest BCUT2D eigenvalue weighted by Crippen LogP contribution is -2.46. The molecule has 1 saturated heterocycles. The average Bonchev–Trinajstić information content (AvgIpc) is 3.60. The molecule has 5 rings (SSSR count). The van der Waals surface area contributed by atoms with Crippen molar-refractivity contribution >= 4 is 55.7 Å². The van der Waals surface area contributed by atoms with Gasteiger partial charge in [0.2, 0.25) is 5.91 Å². The van der Waals surface area contributed by atoms with Crippen LogP contribution in [0.4, 0.5) is 5.69 Å². The summed E-state index contributed by atoms with van der Waals surface area (Å²) in [5, 5.41) is 2.63. The summed E-state index contributed by atoms with van der Waals surface area (Å²) in [5.41, 5.74) is 2.12. The Bertz CT molecular complexity index is 1580. The van der Waals surface area contributed by atoms with Gasteiger partial charge in [-0.25, -0.2) is 13.3 Å². The van der Waals surface area contributed by atoms with E-state index in [1.54, 1.807) is 11.4 Å². The summed E-state index contributed by atoms with van der Waals surface area (Å²) in [4.78, 5) is 41.9. The topological polar surface area (TPSA) is 117 Å². The highest BCUT2D eigenvalue weighted by Crippen LogP contribution is 2.32. The van der Waals surface area contributed by atoms with Gasteiger partial charge in [-0.3, -0.25) is 14.4 Å². The number of aromatic amines is 1. The van der Waals surface area contributed by atoms with Crippen LogP contribution in [-0.2, 0) is 30.8 Å². The summed E-state index contributed by atoms with van der Waals surface area (Å²) < 4.78 is 33.6. The Morgan fingerprint density at radius 3 is 2.57 bits per heavy atom. The van der Waals surface area contributed by atoms with Gasteiger partial charge in [-0.2, -0.15) is 4.31 Å². The molecule has 0 saturated carbocycles. The Balaban J connectivity index is 1.45. The van der Waals surface area contributed by atoms with Gasteiger partial charge < -0.3 is 9.72 Å². The highest BCUT2D eigenvalue weighted by molar-refractivity contribution is 7.91. The minimum Gasteiger partial charge on any atom is -0.427 e. The number of imide groups is 1. The molecule has 0 spiro atoms. The van der Waals surface area contributed by atoms with Gasteiger partial charge in [0.1, 0.15) is 16.0 Å². The second-order valence-electron chi connectivity index (χ2n) is 8.53. The predicted molar refractivity (Wildman–Crippen MR) is 139 cm³/mol. The van der Waals surface area contributed by atoms with Crippen molar-refractivity contribution in [2.24, 2.45) is 0 Å². The number of nitrogens with zero attached hydrogens (tertiary/aromatic N) is 2. The van der Waals surface area contributed by atoms with Gasteiger partial charge >= 0.3 is 5.97 Å². The number of rotatable bonds is 8. The van der Waals surface area contributed by atoms with Crippen LogP contribution >= 0.6 is 11.3 Å². The van der Waals surface area contributed by atoms with Crippen molar-refractivity contribution in [2.75, 3.05) is 11.4 Å². The smallest absolute Gasteiger partial charge is 0.308 e. The van der Waals surface area contributed by atoms with Crippen molar-refractivity contribution in [1.82, 2.24) is 9.29 Å². The molecule has 11 heteroatoms. The maximum Gasteiger partial charge on any atom is 0.308 e. The minimum atomic E-state index is -4.05. The number of benzene rings is 2. The number of thiophene rings is 1. The first kappa shape index (κ1) is 24.9. The largest absolute Gasteiger partial charge is 0.427 e. The number of hydrogen-bond acceptors (Lipinski definition) is 7. The Morgan fingerprint density at radius 1 is 1.11 bits per heavy atom. The highest BCUT2D eigenvalue weighted by atomic mass is 32.2. The normalized spacial score (nSPS) is 16.2. The van der Waals surface area contributed by atoms with Crippen LogP contribution in [0.5, 0.6) is 5.75 Å². The summed E-state index contributed by atoms with van der Waals surface area (Å²) in [5.74, 6) is -1.35. The van der Waals surface area contributed by atoms with Gasteiger partial charge in [0.25, 0.3) is 15.9 Å². The van der Waals surface area contributed by atoms with Gasteiger partial charge in [0, 0.05) is 30.6 Å². The van der Waals surface area contributed by atoms with Crippen molar-refractivity contribution in [2.45, 2.75) is 30.0 Å². The number of H-pyrrole nitrogens is 1. The van der Waals surface area contributed by atoms with Crippen LogP contribution in [0, 0.1) is 0 Å². The van der Waals surface area contributed by atoms with Crippen LogP contribution in [0.25, 0.3) is 10.9 Å². The quantitative estimate of drug-likeness (QED) is 0.208. The number of carbonyl (C=O) groups is 3. The third kappa shape index (κ3) is 4.80. The number of fused-ring (bicyclic) bond motifs is 1. The molecular weight excluding hydrogens is 514 g/mol. The molecule has 2 aromatic heterocycles.